The quantitative estimate of drug-likeness (QED) is 0.807. The van der Waals surface area contributed by atoms with Gasteiger partial charge in [-0.2, -0.15) is 0 Å². The summed E-state index contributed by atoms with van der Waals surface area (Å²) in [5.74, 6) is -0.889. The van der Waals surface area contributed by atoms with E-state index in [1.54, 1.807) is 6.92 Å². The minimum absolute atomic E-state index is 0.633. The summed E-state index contributed by atoms with van der Waals surface area (Å²) < 4.78 is 5.27. The molecular formula is C11H11NO3. The maximum Gasteiger partial charge on any atom is 0.325 e. The molecule has 0 spiro atoms. The summed E-state index contributed by atoms with van der Waals surface area (Å²) in [6.45, 7) is 1.59. The van der Waals surface area contributed by atoms with Gasteiger partial charge in [-0.1, -0.05) is 12.1 Å². The van der Waals surface area contributed by atoms with Crippen LogP contribution in [-0.4, -0.2) is 17.1 Å². The SMILES string of the molecule is C[C@@H](Nc1coc2ccccc12)C(=O)O. The number of anilines is 1. The second kappa shape index (κ2) is 3.65. The van der Waals surface area contributed by atoms with Gasteiger partial charge in [-0.15, -0.1) is 0 Å². The monoisotopic (exact) mass is 205 g/mol. The molecule has 1 aromatic heterocycles. The minimum atomic E-state index is -0.889. The van der Waals surface area contributed by atoms with E-state index >= 15 is 0 Å². The zero-order valence-electron chi connectivity index (χ0n) is 8.23. The molecule has 0 aliphatic heterocycles. The third kappa shape index (κ3) is 1.79. The van der Waals surface area contributed by atoms with Crippen molar-refractivity contribution in [1.82, 2.24) is 0 Å². The highest BCUT2D eigenvalue weighted by Gasteiger charge is 2.13. The Labute approximate surface area is 86.5 Å². The van der Waals surface area contributed by atoms with Crippen molar-refractivity contribution in [3.05, 3.63) is 30.5 Å². The summed E-state index contributed by atoms with van der Waals surface area (Å²) in [6, 6.07) is 6.85. The molecule has 0 aliphatic carbocycles. The molecule has 0 fully saturated rings. The Balaban J connectivity index is 2.32. The first-order chi connectivity index (χ1) is 7.18. The van der Waals surface area contributed by atoms with E-state index in [0.717, 1.165) is 11.0 Å². The van der Waals surface area contributed by atoms with Crippen LogP contribution in [-0.2, 0) is 4.79 Å². The van der Waals surface area contributed by atoms with Crippen LogP contribution in [0.15, 0.2) is 34.9 Å². The third-order valence-corrected chi connectivity index (χ3v) is 2.22. The summed E-state index contributed by atoms with van der Waals surface area (Å²) in [7, 11) is 0. The highest BCUT2D eigenvalue weighted by Crippen LogP contribution is 2.25. The Kier molecular flexibility index (Phi) is 2.33. The zero-order chi connectivity index (χ0) is 10.8. The van der Waals surface area contributed by atoms with Crippen molar-refractivity contribution in [2.24, 2.45) is 0 Å². The molecule has 0 amide bonds. The summed E-state index contributed by atoms with van der Waals surface area (Å²) in [6.07, 6.45) is 1.53. The van der Waals surface area contributed by atoms with Crippen LogP contribution >= 0.6 is 0 Å². The predicted molar refractivity (Wildman–Crippen MR) is 56.9 cm³/mol. The van der Waals surface area contributed by atoms with Crippen molar-refractivity contribution >= 4 is 22.6 Å². The van der Waals surface area contributed by atoms with Crippen molar-refractivity contribution in [2.45, 2.75) is 13.0 Å². The lowest BCUT2D eigenvalue weighted by atomic mass is 10.2. The fourth-order valence-corrected chi connectivity index (χ4v) is 1.38. The first-order valence-electron chi connectivity index (χ1n) is 4.64. The van der Waals surface area contributed by atoms with E-state index in [1.807, 2.05) is 24.3 Å². The molecule has 0 aliphatic rings. The molecule has 1 aromatic carbocycles. The number of carboxylic acids is 1. The first kappa shape index (κ1) is 9.58. The lowest BCUT2D eigenvalue weighted by molar-refractivity contribution is -0.137. The number of rotatable bonds is 3. The van der Waals surface area contributed by atoms with Crippen molar-refractivity contribution in [3.8, 4) is 0 Å². The summed E-state index contributed by atoms with van der Waals surface area (Å²) in [5, 5.41) is 12.5. The molecule has 15 heavy (non-hydrogen) atoms. The third-order valence-electron chi connectivity index (χ3n) is 2.22. The van der Waals surface area contributed by atoms with Crippen molar-refractivity contribution in [2.75, 3.05) is 5.32 Å². The average Bonchev–Trinajstić information content (AvgIpc) is 2.62. The van der Waals surface area contributed by atoms with Crippen molar-refractivity contribution in [1.29, 1.82) is 0 Å². The predicted octanol–water partition coefficient (Wildman–Crippen LogP) is 2.32. The Morgan fingerprint density at radius 1 is 1.47 bits per heavy atom. The van der Waals surface area contributed by atoms with Gasteiger partial charge in [0.05, 0.1) is 5.69 Å². The molecule has 0 unspecified atom stereocenters. The molecule has 0 radical (unpaired) electrons. The van der Waals surface area contributed by atoms with Crippen LogP contribution in [0.5, 0.6) is 0 Å². The summed E-state index contributed by atoms with van der Waals surface area (Å²) in [5.41, 5.74) is 1.46. The fourth-order valence-electron chi connectivity index (χ4n) is 1.38. The first-order valence-corrected chi connectivity index (χ1v) is 4.64. The molecule has 0 saturated carbocycles. The second-order valence-corrected chi connectivity index (χ2v) is 3.35. The van der Waals surface area contributed by atoms with Gasteiger partial charge >= 0.3 is 5.97 Å². The van der Waals surface area contributed by atoms with E-state index in [0.29, 0.717) is 5.69 Å². The van der Waals surface area contributed by atoms with Crippen LogP contribution in [0.1, 0.15) is 6.92 Å². The molecule has 4 heteroatoms. The van der Waals surface area contributed by atoms with Crippen LogP contribution in [0.4, 0.5) is 5.69 Å². The van der Waals surface area contributed by atoms with Crippen LogP contribution in [0.25, 0.3) is 11.0 Å². The van der Waals surface area contributed by atoms with Gasteiger partial charge < -0.3 is 14.8 Å². The second-order valence-electron chi connectivity index (χ2n) is 3.35. The number of benzene rings is 1. The van der Waals surface area contributed by atoms with Gasteiger partial charge in [-0.05, 0) is 19.1 Å². The number of aliphatic carboxylic acids is 1. The van der Waals surface area contributed by atoms with Gasteiger partial charge in [0, 0.05) is 5.39 Å². The maximum atomic E-state index is 10.7. The molecule has 0 saturated heterocycles. The molecule has 2 aromatic rings. The Morgan fingerprint density at radius 2 is 2.20 bits per heavy atom. The Bertz CT molecular complexity index is 489. The van der Waals surface area contributed by atoms with Crippen LogP contribution in [0.3, 0.4) is 0 Å². The number of fused-ring (bicyclic) bond motifs is 1. The van der Waals surface area contributed by atoms with Crippen LogP contribution in [0, 0.1) is 0 Å². The molecule has 1 heterocycles. The lowest BCUT2D eigenvalue weighted by Crippen LogP contribution is -2.25. The van der Waals surface area contributed by atoms with Gasteiger partial charge in [0.1, 0.15) is 17.9 Å². The number of nitrogens with one attached hydrogen (secondary N) is 1. The molecule has 2 rings (SSSR count). The number of hydrogen-bond acceptors (Lipinski definition) is 3. The molecule has 0 bridgehead atoms. The smallest absolute Gasteiger partial charge is 0.325 e. The van der Waals surface area contributed by atoms with E-state index < -0.39 is 12.0 Å². The Morgan fingerprint density at radius 3 is 2.93 bits per heavy atom. The van der Waals surface area contributed by atoms with Crippen LogP contribution < -0.4 is 5.32 Å². The van der Waals surface area contributed by atoms with Gasteiger partial charge in [0.15, 0.2) is 0 Å². The number of furan rings is 1. The summed E-state index contributed by atoms with van der Waals surface area (Å²) >= 11 is 0. The summed E-state index contributed by atoms with van der Waals surface area (Å²) in [4.78, 5) is 10.7. The highest BCUT2D eigenvalue weighted by molar-refractivity contribution is 5.92. The zero-order valence-corrected chi connectivity index (χ0v) is 8.23. The van der Waals surface area contributed by atoms with E-state index in [1.165, 1.54) is 6.26 Å². The van der Waals surface area contributed by atoms with Crippen molar-refractivity contribution < 1.29 is 14.3 Å². The largest absolute Gasteiger partial charge is 0.480 e. The van der Waals surface area contributed by atoms with Gasteiger partial charge in [-0.25, -0.2) is 0 Å². The average molecular weight is 205 g/mol. The molecular weight excluding hydrogens is 194 g/mol. The molecule has 4 nitrogen and oxygen atoms in total. The number of carbonyl (C=O) groups is 1. The van der Waals surface area contributed by atoms with Gasteiger partial charge in [-0.3, -0.25) is 4.79 Å². The van der Waals surface area contributed by atoms with Crippen molar-refractivity contribution in [3.63, 3.8) is 0 Å². The van der Waals surface area contributed by atoms with E-state index in [2.05, 4.69) is 5.32 Å². The Hall–Kier alpha value is -1.97. The van der Waals surface area contributed by atoms with Crippen LogP contribution in [0.2, 0.25) is 0 Å². The highest BCUT2D eigenvalue weighted by atomic mass is 16.4. The molecule has 78 valence electrons. The van der Waals surface area contributed by atoms with E-state index in [-0.39, 0.29) is 0 Å². The number of carboxylic acid groups (broad SMARTS) is 1. The van der Waals surface area contributed by atoms with Gasteiger partial charge in [0.25, 0.3) is 0 Å². The molecule has 2 N–H and O–H groups in total. The van der Waals surface area contributed by atoms with Gasteiger partial charge in [0.2, 0.25) is 0 Å². The maximum absolute atomic E-state index is 10.7. The fraction of sp³-hybridized carbons (Fsp3) is 0.182. The number of hydrogen-bond donors (Lipinski definition) is 2. The van der Waals surface area contributed by atoms with E-state index in [9.17, 15) is 4.79 Å². The lowest BCUT2D eigenvalue weighted by Gasteiger charge is -2.08. The minimum Gasteiger partial charge on any atom is -0.480 e. The standard InChI is InChI=1S/C11H11NO3/c1-7(11(13)14)12-9-6-15-10-5-3-2-4-8(9)10/h2-7,12H,1H3,(H,13,14)/t7-/m1/s1. The van der Waals surface area contributed by atoms with E-state index in [4.69, 9.17) is 9.52 Å². The normalized spacial score (nSPS) is 12.6. The molecule has 1 atom stereocenters. The number of para-hydroxylation sites is 1. The topological polar surface area (TPSA) is 62.5 Å².